The molecule has 1 aliphatic heterocycles. The van der Waals surface area contributed by atoms with E-state index in [1.807, 2.05) is 6.92 Å². The summed E-state index contributed by atoms with van der Waals surface area (Å²) in [6.45, 7) is 3.50. The van der Waals surface area contributed by atoms with Crippen LogP contribution in [0.5, 0.6) is 17.2 Å². The Labute approximate surface area is 176 Å². The number of sulfonamides is 1. The molecule has 0 saturated carbocycles. The van der Waals surface area contributed by atoms with E-state index in [9.17, 15) is 13.2 Å². The highest BCUT2D eigenvalue weighted by molar-refractivity contribution is 7.89. The van der Waals surface area contributed by atoms with Crippen molar-refractivity contribution in [1.82, 2.24) is 4.72 Å². The summed E-state index contributed by atoms with van der Waals surface area (Å²) in [5.41, 5.74) is 2.26. The summed E-state index contributed by atoms with van der Waals surface area (Å²) in [7, 11) is 0.750. The fraction of sp³-hybridized carbons (Fsp3) is 0.381. The van der Waals surface area contributed by atoms with E-state index in [1.165, 1.54) is 34.3 Å². The van der Waals surface area contributed by atoms with Gasteiger partial charge in [0.15, 0.2) is 11.5 Å². The minimum atomic E-state index is -3.76. The third kappa shape index (κ3) is 4.08. The number of anilines is 1. The molecule has 0 saturated heterocycles. The lowest BCUT2D eigenvalue weighted by atomic mass is 10.1. The Morgan fingerprint density at radius 1 is 1.10 bits per heavy atom. The lowest BCUT2D eigenvalue weighted by Crippen LogP contribution is -2.33. The highest BCUT2D eigenvalue weighted by Crippen LogP contribution is 2.38. The average Bonchev–Trinajstić information content (AvgIpc) is 3.06. The molecule has 3 rings (SSSR count). The monoisotopic (exact) mass is 434 g/mol. The molecule has 1 N–H and O–H groups in total. The molecule has 30 heavy (non-hydrogen) atoms. The maximum Gasteiger partial charge on any atom is 0.240 e. The predicted molar refractivity (Wildman–Crippen MR) is 113 cm³/mol. The molecule has 162 valence electrons. The Kier molecular flexibility index (Phi) is 6.23. The molecule has 9 heteroatoms. The van der Waals surface area contributed by atoms with Crippen LogP contribution in [0, 0.1) is 0 Å². The minimum Gasteiger partial charge on any atom is -0.493 e. The van der Waals surface area contributed by atoms with E-state index in [4.69, 9.17) is 14.2 Å². The van der Waals surface area contributed by atoms with Gasteiger partial charge in [-0.15, -0.1) is 0 Å². The van der Waals surface area contributed by atoms with Gasteiger partial charge in [-0.2, -0.15) is 0 Å². The third-order valence-electron chi connectivity index (χ3n) is 5.11. The van der Waals surface area contributed by atoms with Crippen molar-refractivity contribution >= 4 is 21.6 Å². The number of hydrogen-bond donors (Lipinski definition) is 1. The van der Waals surface area contributed by atoms with Crippen LogP contribution in [0.25, 0.3) is 0 Å². The van der Waals surface area contributed by atoms with Gasteiger partial charge in [-0.1, -0.05) is 0 Å². The van der Waals surface area contributed by atoms with Gasteiger partial charge in [-0.05, 0) is 54.8 Å². The third-order valence-corrected chi connectivity index (χ3v) is 6.51. The van der Waals surface area contributed by atoms with Crippen LogP contribution >= 0.6 is 0 Å². The summed E-state index contributed by atoms with van der Waals surface area (Å²) in [5, 5.41) is 0. The molecule has 0 aliphatic carbocycles. The highest BCUT2D eigenvalue weighted by Gasteiger charge is 2.30. The number of fused-ring (bicyclic) bond motifs is 1. The Bertz CT molecular complexity index is 1040. The molecule has 8 nitrogen and oxygen atoms in total. The lowest BCUT2D eigenvalue weighted by molar-refractivity contribution is -0.116. The molecule has 0 fully saturated rings. The Hall–Kier alpha value is -2.78. The van der Waals surface area contributed by atoms with Crippen molar-refractivity contribution in [2.75, 3.05) is 26.2 Å². The molecule has 0 aromatic heterocycles. The lowest BCUT2D eigenvalue weighted by Gasteiger charge is -2.20. The first-order chi connectivity index (χ1) is 14.2. The number of ether oxygens (including phenoxy) is 3. The number of carbonyl (C=O) groups excluding carboxylic acids is 1. The molecule has 1 aliphatic rings. The van der Waals surface area contributed by atoms with Gasteiger partial charge in [0.2, 0.25) is 21.7 Å². The molecular formula is C21H26N2O6S. The second-order valence-electron chi connectivity index (χ2n) is 7.09. The van der Waals surface area contributed by atoms with Crippen LogP contribution in [0.3, 0.4) is 0 Å². The molecule has 0 radical (unpaired) electrons. The van der Waals surface area contributed by atoms with Crippen LogP contribution in [0.1, 0.15) is 25.0 Å². The normalized spacial score (nSPS) is 15.6. The number of benzene rings is 2. The van der Waals surface area contributed by atoms with Gasteiger partial charge >= 0.3 is 0 Å². The van der Waals surface area contributed by atoms with Crippen molar-refractivity contribution in [2.45, 2.75) is 37.8 Å². The topological polar surface area (TPSA) is 94.2 Å². The molecule has 1 unspecified atom stereocenters. The number of nitrogens with zero attached hydrogens (tertiary/aromatic N) is 1. The molecule has 2 aromatic carbocycles. The molecular weight excluding hydrogens is 408 g/mol. The smallest absolute Gasteiger partial charge is 0.240 e. The summed E-state index contributed by atoms with van der Waals surface area (Å²) >= 11 is 0. The number of methoxy groups -OCH3 is 3. The van der Waals surface area contributed by atoms with Crippen molar-refractivity contribution in [3.63, 3.8) is 0 Å². The van der Waals surface area contributed by atoms with Gasteiger partial charge in [0.1, 0.15) is 0 Å². The van der Waals surface area contributed by atoms with Crippen molar-refractivity contribution in [3.8, 4) is 17.2 Å². The Morgan fingerprint density at radius 3 is 2.27 bits per heavy atom. The number of hydrogen-bond acceptors (Lipinski definition) is 6. The highest BCUT2D eigenvalue weighted by atomic mass is 32.2. The molecule has 2 aromatic rings. The maximum atomic E-state index is 12.9. The van der Waals surface area contributed by atoms with Gasteiger partial charge < -0.3 is 19.1 Å². The SMILES string of the molecule is COc1cc(CNS(=O)(=O)c2ccc3c(c2)CC(C)N3C(C)=O)cc(OC)c1OC. The molecule has 1 heterocycles. The van der Waals surface area contributed by atoms with Crippen LogP contribution in [-0.2, 0) is 27.8 Å². The predicted octanol–water partition coefficient (Wildman–Crippen LogP) is 2.49. The minimum absolute atomic E-state index is 0.00245. The number of amides is 1. The van der Waals surface area contributed by atoms with Crippen molar-refractivity contribution < 1.29 is 27.4 Å². The van der Waals surface area contributed by atoms with Crippen molar-refractivity contribution in [3.05, 3.63) is 41.5 Å². The fourth-order valence-corrected chi connectivity index (χ4v) is 4.82. The van der Waals surface area contributed by atoms with E-state index in [2.05, 4.69) is 4.72 Å². The molecule has 0 spiro atoms. The molecule has 1 atom stereocenters. The van der Waals surface area contributed by atoms with Crippen molar-refractivity contribution in [2.24, 2.45) is 0 Å². The first kappa shape index (κ1) is 21.9. The van der Waals surface area contributed by atoms with E-state index < -0.39 is 10.0 Å². The van der Waals surface area contributed by atoms with E-state index in [1.54, 1.807) is 29.2 Å². The zero-order valence-corrected chi connectivity index (χ0v) is 18.5. The van der Waals surface area contributed by atoms with Crippen LogP contribution < -0.4 is 23.8 Å². The first-order valence-electron chi connectivity index (χ1n) is 9.43. The van der Waals surface area contributed by atoms with E-state index >= 15 is 0 Å². The summed E-state index contributed by atoms with van der Waals surface area (Å²) in [5.74, 6) is 1.27. The summed E-state index contributed by atoms with van der Waals surface area (Å²) in [6, 6.07) is 8.23. The molecule has 0 bridgehead atoms. The van der Waals surface area contributed by atoms with E-state index in [-0.39, 0.29) is 23.4 Å². The zero-order valence-electron chi connectivity index (χ0n) is 17.7. The summed E-state index contributed by atoms with van der Waals surface area (Å²) in [6.07, 6.45) is 0.616. The summed E-state index contributed by atoms with van der Waals surface area (Å²) < 4.78 is 44.2. The van der Waals surface area contributed by atoms with Gasteiger partial charge in [0.05, 0.1) is 26.2 Å². The van der Waals surface area contributed by atoms with Crippen molar-refractivity contribution in [1.29, 1.82) is 0 Å². The Morgan fingerprint density at radius 2 is 1.73 bits per heavy atom. The van der Waals surface area contributed by atoms with Crippen LogP contribution in [0.4, 0.5) is 5.69 Å². The summed E-state index contributed by atoms with van der Waals surface area (Å²) in [4.78, 5) is 13.7. The first-order valence-corrected chi connectivity index (χ1v) is 10.9. The second kappa shape index (κ2) is 8.53. The number of rotatable bonds is 7. The van der Waals surface area contributed by atoms with Gasteiger partial charge in [0.25, 0.3) is 0 Å². The van der Waals surface area contributed by atoms with E-state index in [0.29, 0.717) is 29.2 Å². The zero-order chi connectivity index (χ0) is 22.1. The average molecular weight is 435 g/mol. The second-order valence-corrected chi connectivity index (χ2v) is 8.86. The van der Waals surface area contributed by atoms with Gasteiger partial charge in [0, 0.05) is 25.2 Å². The quantitative estimate of drug-likeness (QED) is 0.720. The Balaban J connectivity index is 1.83. The van der Waals surface area contributed by atoms with E-state index in [0.717, 1.165) is 11.3 Å². The maximum absolute atomic E-state index is 12.9. The van der Waals surface area contributed by atoms with Gasteiger partial charge in [-0.3, -0.25) is 4.79 Å². The number of carbonyl (C=O) groups is 1. The number of nitrogens with one attached hydrogen (secondary N) is 1. The van der Waals surface area contributed by atoms with Crippen LogP contribution in [0.2, 0.25) is 0 Å². The van der Waals surface area contributed by atoms with Crippen LogP contribution in [0.15, 0.2) is 35.2 Å². The van der Waals surface area contributed by atoms with Crippen LogP contribution in [-0.4, -0.2) is 41.7 Å². The van der Waals surface area contributed by atoms with Gasteiger partial charge in [-0.25, -0.2) is 13.1 Å². The largest absolute Gasteiger partial charge is 0.493 e. The standard InChI is InChI=1S/C21H26N2O6S/c1-13-8-16-11-17(6-7-18(16)23(13)14(2)24)30(25,26)22-12-15-9-19(27-3)21(29-5)20(10-15)28-4/h6-7,9-11,13,22H,8,12H2,1-5H3. The molecule has 1 amide bonds. The fourth-order valence-electron chi connectivity index (χ4n) is 3.75.